The second kappa shape index (κ2) is 6.64. The molecule has 25 heavy (non-hydrogen) atoms. The van der Waals surface area contributed by atoms with E-state index in [1.807, 2.05) is 13.8 Å². The van der Waals surface area contributed by atoms with E-state index in [2.05, 4.69) is 15.2 Å². The molecule has 0 unspecified atom stereocenters. The fraction of sp³-hybridized carbons (Fsp3) is 0.312. The number of benzene rings is 1. The highest BCUT2D eigenvalue weighted by atomic mass is 32.2. The Morgan fingerprint density at radius 1 is 1.28 bits per heavy atom. The van der Waals surface area contributed by atoms with E-state index in [0.717, 1.165) is 4.40 Å². The maximum Gasteiger partial charge on any atom is 0.452 e. The second-order valence-electron chi connectivity index (χ2n) is 5.60. The van der Waals surface area contributed by atoms with Crippen molar-refractivity contribution in [1.82, 2.24) is 19.6 Å². The van der Waals surface area contributed by atoms with E-state index in [-0.39, 0.29) is 23.0 Å². The van der Waals surface area contributed by atoms with Crippen molar-refractivity contribution in [3.63, 3.8) is 0 Å². The summed E-state index contributed by atoms with van der Waals surface area (Å²) < 4.78 is 41.1. The van der Waals surface area contributed by atoms with Gasteiger partial charge >= 0.3 is 6.18 Å². The van der Waals surface area contributed by atoms with Crippen molar-refractivity contribution < 1.29 is 18.3 Å². The van der Waals surface area contributed by atoms with E-state index in [1.54, 1.807) is 24.3 Å². The van der Waals surface area contributed by atoms with Gasteiger partial charge in [-0.25, -0.2) is 4.98 Å². The molecular formula is C16H15F3N4OS. The van der Waals surface area contributed by atoms with Crippen molar-refractivity contribution >= 4 is 34.5 Å². The summed E-state index contributed by atoms with van der Waals surface area (Å²) in [6.07, 6.45) is -1.50. The highest BCUT2D eigenvalue weighted by Gasteiger charge is 2.38. The van der Waals surface area contributed by atoms with Gasteiger partial charge in [0.15, 0.2) is 5.65 Å². The number of rotatable bonds is 4. The van der Waals surface area contributed by atoms with Crippen LogP contribution in [0.15, 0.2) is 29.3 Å². The zero-order valence-electron chi connectivity index (χ0n) is 13.4. The van der Waals surface area contributed by atoms with Crippen molar-refractivity contribution in [2.45, 2.75) is 30.3 Å². The summed E-state index contributed by atoms with van der Waals surface area (Å²) in [5.41, 5.74) is 1.42. The molecule has 0 aliphatic carbocycles. The van der Waals surface area contributed by atoms with Crippen molar-refractivity contribution in [1.29, 1.82) is 0 Å². The van der Waals surface area contributed by atoms with Gasteiger partial charge in [0.2, 0.25) is 5.82 Å². The van der Waals surface area contributed by atoms with Crippen LogP contribution >= 0.6 is 11.8 Å². The fourth-order valence-corrected chi connectivity index (χ4v) is 3.24. The van der Waals surface area contributed by atoms with Gasteiger partial charge in [0.25, 0.3) is 0 Å². The van der Waals surface area contributed by atoms with Gasteiger partial charge in [-0.1, -0.05) is 43.8 Å². The van der Waals surface area contributed by atoms with Crippen molar-refractivity contribution in [3.05, 3.63) is 35.7 Å². The van der Waals surface area contributed by atoms with E-state index >= 15 is 0 Å². The lowest BCUT2D eigenvalue weighted by molar-refractivity contribution is -0.145. The average Bonchev–Trinajstić information content (AvgIpc) is 2.98. The van der Waals surface area contributed by atoms with Gasteiger partial charge in [0.05, 0.1) is 17.6 Å². The quantitative estimate of drug-likeness (QED) is 0.710. The SMILES string of the molecule is CC(C)Sc1nc2ccc(/C=C/CO)cc2n2c(C(F)(F)F)nnc12. The van der Waals surface area contributed by atoms with Gasteiger partial charge < -0.3 is 5.11 Å². The minimum atomic E-state index is -4.63. The third-order valence-electron chi connectivity index (χ3n) is 3.33. The highest BCUT2D eigenvalue weighted by molar-refractivity contribution is 8.00. The molecule has 0 aliphatic rings. The number of thioether (sulfide) groups is 1. The van der Waals surface area contributed by atoms with Gasteiger partial charge in [0.1, 0.15) is 5.03 Å². The summed E-state index contributed by atoms with van der Waals surface area (Å²) in [7, 11) is 0. The van der Waals surface area contributed by atoms with E-state index in [0.29, 0.717) is 16.1 Å². The van der Waals surface area contributed by atoms with Gasteiger partial charge in [0, 0.05) is 5.25 Å². The third kappa shape index (κ3) is 3.47. The average molecular weight is 368 g/mol. The molecule has 0 spiro atoms. The van der Waals surface area contributed by atoms with E-state index in [9.17, 15) is 13.2 Å². The molecule has 5 nitrogen and oxygen atoms in total. The number of hydrogen-bond donors (Lipinski definition) is 1. The van der Waals surface area contributed by atoms with Crippen molar-refractivity contribution in [2.24, 2.45) is 0 Å². The molecule has 0 saturated carbocycles. The number of alkyl halides is 3. The Hall–Kier alpha value is -2.13. The highest BCUT2D eigenvalue weighted by Crippen LogP contribution is 2.34. The fourth-order valence-electron chi connectivity index (χ4n) is 2.40. The molecule has 0 bridgehead atoms. The van der Waals surface area contributed by atoms with Crippen LogP contribution in [-0.2, 0) is 6.18 Å². The Bertz CT molecular complexity index is 950. The van der Waals surface area contributed by atoms with Crippen molar-refractivity contribution in [3.8, 4) is 0 Å². The molecule has 0 aliphatic heterocycles. The maximum atomic E-state index is 13.4. The molecule has 0 atom stereocenters. The summed E-state index contributed by atoms with van der Waals surface area (Å²) in [5.74, 6) is -1.08. The molecule has 0 fully saturated rings. The molecule has 0 amide bonds. The lowest BCUT2D eigenvalue weighted by Gasteiger charge is -2.11. The minimum absolute atomic E-state index is 0.0850. The van der Waals surface area contributed by atoms with Crippen LogP contribution in [0.1, 0.15) is 25.2 Å². The number of halogens is 3. The maximum absolute atomic E-state index is 13.4. The number of aromatic nitrogens is 4. The van der Waals surface area contributed by atoms with E-state index < -0.39 is 12.0 Å². The van der Waals surface area contributed by atoms with Crippen LogP contribution in [-0.4, -0.2) is 36.5 Å². The van der Waals surface area contributed by atoms with Crippen LogP contribution in [0, 0.1) is 0 Å². The smallest absolute Gasteiger partial charge is 0.392 e. The normalized spacial score (nSPS) is 12.9. The molecule has 9 heteroatoms. The zero-order chi connectivity index (χ0) is 18.2. The molecule has 1 N–H and O–H groups in total. The van der Waals surface area contributed by atoms with Crippen LogP contribution < -0.4 is 0 Å². The summed E-state index contributed by atoms with van der Waals surface area (Å²) in [4.78, 5) is 4.46. The van der Waals surface area contributed by atoms with Crippen LogP contribution in [0.2, 0.25) is 0 Å². The lowest BCUT2D eigenvalue weighted by atomic mass is 10.2. The minimum Gasteiger partial charge on any atom is -0.392 e. The number of hydrogen-bond acceptors (Lipinski definition) is 5. The first-order valence-electron chi connectivity index (χ1n) is 7.51. The third-order valence-corrected chi connectivity index (χ3v) is 4.30. The summed E-state index contributed by atoms with van der Waals surface area (Å²) >= 11 is 1.34. The molecule has 3 aromatic rings. The first-order chi connectivity index (χ1) is 11.8. The topological polar surface area (TPSA) is 63.3 Å². The van der Waals surface area contributed by atoms with E-state index in [1.165, 1.54) is 17.8 Å². The lowest BCUT2D eigenvalue weighted by Crippen LogP contribution is -2.12. The Morgan fingerprint density at radius 3 is 2.68 bits per heavy atom. The van der Waals surface area contributed by atoms with Gasteiger partial charge in [-0.2, -0.15) is 13.2 Å². The zero-order valence-corrected chi connectivity index (χ0v) is 14.3. The molecule has 132 valence electrons. The largest absolute Gasteiger partial charge is 0.452 e. The molecule has 2 heterocycles. The molecule has 0 radical (unpaired) electrons. The standard InChI is InChI=1S/C16H15F3N4OS/c1-9(2)25-14-13-21-22-15(16(17,18)19)23(13)12-8-10(4-3-7-24)5-6-11(12)20-14/h3-6,8-9,24H,7H2,1-2H3/b4-3+. The first kappa shape index (κ1) is 17.7. The first-order valence-corrected chi connectivity index (χ1v) is 8.39. The number of aliphatic hydroxyl groups excluding tert-OH is 1. The molecule has 0 saturated heterocycles. The summed E-state index contributed by atoms with van der Waals surface area (Å²) in [6, 6.07) is 4.95. The van der Waals surface area contributed by atoms with E-state index in [4.69, 9.17) is 5.11 Å². The molecular weight excluding hydrogens is 353 g/mol. The van der Waals surface area contributed by atoms with Gasteiger partial charge in [-0.15, -0.1) is 10.2 Å². The Balaban J connectivity index is 2.36. The summed E-state index contributed by atoms with van der Waals surface area (Å²) in [5, 5.41) is 16.5. The number of nitrogens with zero attached hydrogens (tertiary/aromatic N) is 4. The van der Waals surface area contributed by atoms with Crippen LogP contribution in [0.4, 0.5) is 13.2 Å². The molecule has 3 rings (SSSR count). The Morgan fingerprint density at radius 2 is 2.04 bits per heavy atom. The molecule has 1 aromatic carbocycles. The van der Waals surface area contributed by atoms with Crippen LogP contribution in [0.3, 0.4) is 0 Å². The van der Waals surface area contributed by atoms with Gasteiger partial charge in [-0.3, -0.25) is 4.40 Å². The molecule has 2 aromatic heterocycles. The predicted octanol–water partition coefficient (Wildman–Crippen LogP) is 3.80. The van der Waals surface area contributed by atoms with Crippen molar-refractivity contribution in [2.75, 3.05) is 6.61 Å². The van der Waals surface area contributed by atoms with Crippen LogP contribution in [0.25, 0.3) is 22.8 Å². The predicted molar refractivity (Wildman–Crippen MR) is 90.4 cm³/mol. The monoisotopic (exact) mass is 368 g/mol. The van der Waals surface area contributed by atoms with Crippen LogP contribution in [0.5, 0.6) is 0 Å². The Kier molecular flexibility index (Phi) is 4.70. The summed E-state index contributed by atoms with van der Waals surface area (Å²) in [6.45, 7) is 3.70. The second-order valence-corrected chi connectivity index (χ2v) is 7.16. The number of fused-ring (bicyclic) bond motifs is 3. The number of aliphatic hydroxyl groups is 1. The Labute approximate surface area is 145 Å². The van der Waals surface area contributed by atoms with Gasteiger partial charge in [-0.05, 0) is 17.7 Å².